The zero-order valence-electron chi connectivity index (χ0n) is 16.9. The number of halogens is 1. The van der Waals surface area contributed by atoms with Crippen LogP contribution in [0.15, 0.2) is 47.2 Å². The second kappa shape index (κ2) is 8.16. The Kier molecular flexibility index (Phi) is 5.41. The average molecular weight is 425 g/mol. The number of aromatic nitrogens is 5. The second-order valence-corrected chi connectivity index (χ2v) is 7.44. The van der Waals surface area contributed by atoms with Gasteiger partial charge in [0.05, 0.1) is 29.5 Å². The van der Waals surface area contributed by atoms with E-state index in [1.807, 2.05) is 55.1 Å². The first kappa shape index (κ1) is 19.9. The Hall–Kier alpha value is -3.39. The molecule has 1 aromatic carbocycles. The molecule has 30 heavy (non-hydrogen) atoms. The smallest absolute Gasteiger partial charge is 0.278 e. The summed E-state index contributed by atoms with van der Waals surface area (Å²) < 4.78 is 8.87. The van der Waals surface area contributed by atoms with Crippen LogP contribution in [0.1, 0.15) is 38.8 Å². The lowest BCUT2D eigenvalue weighted by atomic mass is 10.1. The van der Waals surface area contributed by atoms with Crippen LogP contribution in [0.2, 0.25) is 5.02 Å². The molecule has 0 bridgehead atoms. The molecule has 9 heteroatoms. The first-order chi connectivity index (χ1) is 14.4. The Bertz CT molecular complexity index is 1190. The molecule has 1 N–H and O–H groups in total. The summed E-state index contributed by atoms with van der Waals surface area (Å²) in [5.74, 6) is 0.224. The fourth-order valence-electron chi connectivity index (χ4n) is 3.25. The number of nitrogens with zero attached hydrogens (tertiary/aromatic N) is 5. The van der Waals surface area contributed by atoms with Crippen LogP contribution in [0, 0.1) is 20.8 Å². The number of nitrogens with one attached hydrogen (secondary N) is 1. The lowest BCUT2D eigenvalue weighted by Crippen LogP contribution is -2.16. The highest BCUT2D eigenvalue weighted by Gasteiger charge is 2.22. The summed E-state index contributed by atoms with van der Waals surface area (Å²) in [7, 11) is 0. The van der Waals surface area contributed by atoms with E-state index in [9.17, 15) is 4.79 Å². The Morgan fingerprint density at radius 2 is 2.03 bits per heavy atom. The molecule has 0 radical (unpaired) electrons. The fourth-order valence-corrected chi connectivity index (χ4v) is 3.39. The number of benzene rings is 1. The summed E-state index contributed by atoms with van der Waals surface area (Å²) in [5, 5.41) is 16.1. The number of hydrogen-bond acceptors (Lipinski definition) is 5. The topological polar surface area (TPSA) is 90.8 Å². The summed E-state index contributed by atoms with van der Waals surface area (Å²) in [6.07, 6.45) is 3.62. The van der Waals surface area contributed by atoms with Gasteiger partial charge in [0.1, 0.15) is 5.76 Å². The molecule has 0 aliphatic carbocycles. The number of amides is 1. The number of anilines is 1. The van der Waals surface area contributed by atoms with Gasteiger partial charge in [0.2, 0.25) is 0 Å². The van der Waals surface area contributed by atoms with Gasteiger partial charge in [-0.1, -0.05) is 28.9 Å². The largest absolute Gasteiger partial charge is 0.361 e. The Morgan fingerprint density at radius 1 is 1.20 bits per heavy atom. The van der Waals surface area contributed by atoms with E-state index >= 15 is 0 Å². The maximum atomic E-state index is 12.9. The molecule has 0 fully saturated rings. The minimum atomic E-state index is -0.342. The maximum absolute atomic E-state index is 12.9. The van der Waals surface area contributed by atoms with Gasteiger partial charge in [-0.05, 0) is 44.5 Å². The molecule has 0 saturated carbocycles. The highest BCUT2D eigenvalue weighted by Crippen LogP contribution is 2.23. The molecule has 3 heterocycles. The number of hydrogen-bond donors (Lipinski definition) is 1. The third-order valence-corrected chi connectivity index (χ3v) is 5.44. The van der Waals surface area contributed by atoms with Crippen LogP contribution >= 0.6 is 11.6 Å². The maximum Gasteiger partial charge on any atom is 0.278 e. The summed E-state index contributed by atoms with van der Waals surface area (Å²) in [5.41, 5.74) is 4.16. The highest BCUT2D eigenvalue weighted by molar-refractivity contribution is 6.31. The van der Waals surface area contributed by atoms with Crippen molar-refractivity contribution in [2.24, 2.45) is 0 Å². The van der Waals surface area contributed by atoms with Crippen LogP contribution in [0.5, 0.6) is 0 Å². The quantitative estimate of drug-likeness (QED) is 0.505. The van der Waals surface area contributed by atoms with E-state index in [-0.39, 0.29) is 11.6 Å². The molecule has 0 saturated heterocycles. The molecule has 154 valence electrons. The van der Waals surface area contributed by atoms with Gasteiger partial charge in [0.15, 0.2) is 5.69 Å². The van der Waals surface area contributed by atoms with Gasteiger partial charge in [-0.3, -0.25) is 14.2 Å². The molecule has 0 aliphatic rings. The standard InChI is InChI=1S/C21H21ClN6O2/c1-13-19(22)14(2)28(25-13)12-18-15(3)30-26-20(18)21(29)24-17-7-4-6-16(10-17)11-27-9-5-8-23-27/h4-10H,11-12H2,1-3H3,(H,24,29). The minimum Gasteiger partial charge on any atom is -0.361 e. The highest BCUT2D eigenvalue weighted by atomic mass is 35.5. The molecule has 0 aliphatic heterocycles. The molecule has 4 aromatic rings. The average Bonchev–Trinajstić information content (AvgIpc) is 3.41. The molecule has 1 amide bonds. The Balaban J connectivity index is 1.54. The van der Waals surface area contributed by atoms with Crippen LogP contribution in [0.3, 0.4) is 0 Å². The van der Waals surface area contributed by atoms with Crippen molar-refractivity contribution in [3.8, 4) is 0 Å². The first-order valence-corrected chi connectivity index (χ1v) is 9.82. The van der Waals surface area contributed by atoms with Crippen molar-refractivity contribution in [2.75, 3.05) is 5.32 Å². The van der Waals surface area contributed by atoms with Crippen LogP contribution in [-0.2, 0) is 13.1 Å². The normalized spacial score (nSPS) is 11.1. The predicted octanol–water partition coefficient (Wildman–Crippen LogP) is 4.00. The van der Waals surface area contributed by atoms with E-state index in [1.165, 1.54) is 0 Å². The van der Waals surface area contributed by atoms with Crippen molar-refractivity contribution in [2.45, 2.75) is 33.9 Å². The lowest BCUT2D eigenvalue weighted by molar-refractivity contribution is 0.101. The molecular weight excluding hydrogens is 404 g/mol. The molecule has 0 atom stereocenters. The lowest BCUT2D eigenvalue weighted by Gasteiger charge is -2.08. The third-order valence-electron chi connectivity index (χ3n) is 4.89. The van der Waals surface area contributed by atoms with Crippen molar-refractivity contribution in [1.82, 2.24) is 24.7 Å². The molecule has 0 unspecified atom stereocenters. The van der Waals surface area contributed by atoms with Crippen molar-refractivity contribution in [3.05, 3.63) is 81.7 Å². The molecular formula is C21H21ClN6O2. The number of aryl methyl sites for hydroxylation is 2. The second-order valence-electron chi connectivity index (χ2n) is 7.07. The van der Waals surface area contributed by atoms with Gasteiger partial charge in [0, 0.05) is 23.6 Å². The van der Waals surface area contributed by atoms with Crippen molar-refractivity contribution < 1.29 is 9.32 Å². The van der Waals surface area contributed by atoms with E-state index in [4.69, 9.17) is 16.1 Å². The van der Waals surface area contributed by atoms with Gasteiger partial charge in [-0.25, -0.2) is 0 Å². The number of carbonyl (C=O) groups excluding carboxylic acids is 1. The fraction of sp³-hybridized carbons (Fsp3) is 0.238. The van der Waals surface area contributed by atoms with E-state index in [2.05, 4.69) is 20.7 Å². The van der Waals surface area contributed by atoms with Crippen LogP contribution < -0.4 is 5.32 Å². The predicted molar refractivity (Wildman–Crippen MR) is 113 cm³/mol. The van der Waals surface area contributed by atoms with Crippen LogP contribution in [0.4, 0.5) is 5.69 Å². The van der Waals surface area contributed by atoms with Crippen molar-refractivity contribution in [1.29, 1.82) is 0 Å². The Labute approximate surface area is 178 Å². The van der Waals surface area contributed by atoms with Gasteiger partial charge in [-0.15, -0.1) is 0 Å². The monoisotopic (exact) mass is 424 g/mol. The van der Waals surface area contributed by atoms with Crippen molar-refractivity contribution in [3.63, 3.8) is 0 Å². The zero-order valence-corrected chi connectivity index (χ0v) is 17.6. The molecule has 0 spiro atoms. The first-order valence-electron chi connectivity index (χ1n) is 9.44. The van der Waals surface area contributed by atoms with Crippen LogP contribution in [-0.4, -0.2) is 30.6 Å². The van der Waals surface area contributed by atoms with E-state index in [0.29, 0.717) is 35.1 Å². The minimum absolute atomic E-state index is 0.230. The third kappa shape index (κ3) is 3.99. The molecule has 8 nitrogen and oxygen atoms in total. The summed E-state index contributed by atoms with van der Waals surface area (Å²) in [6, 6.07) is 9.48. The Morgan fingerprint density at radius 3 is 2.73 bits per heavy atom. The van der Waals surface area contributed by atoms with Gasteiger partial charge >= 0.3 is 0 Å². The summed E-state index contributed by atoms with van der Waals surface area (Å²) in [6.45, 7) is 6.46. The molecule has 4 rings (SSSR count). The number of carbonyl (C=O) groups is 1. The van der Waals surface area contributed by atoms with Gasteiger partial charge in [-0.2, -0.15) is 10.2 Å². The zero-order chi connectivity index (χ0) is 21.3. The summed E-state index contributed by atoms with van der Waals surface area (Å²) in [4.78, 5) is 12.9. The van der Waals surface area contributed by atoms with E-state index in [1.54, 1.807) is 17.8 Å². The number of rotatable bonds is 6. The van der Waals surface area contributed by atoms with Crippen LogP contribution in [0.25, 0.3) is 0 Å². The van der Waals surface area contributed by atoms with E-state index in [0.717, 1.165) is 17.0 Å². The van der Waals surface area contributed by atoms with E-state index < -0.39 is 0 Å². The van der Waals surface area contributed by atoms with Crippen molar-refractivity contribution >= 4 is 23.2 Å². The van der Waals surface area contributed by atoms with Gasteiger partial charge < -0.3 is 9.84 Å². The summed E-state index contributed by atoms with van der Waals surface area (Å²) >= 11 is 6.25. The SMILES string of the molecule is Cc1nn(Cc2c(C(=O)Nc3cccc(Cn4cccn4)c3)noc2C)c(C)c1Cl. The van der Waals surface area contributed by atoms with Gasteiger partial charge in [0.25, 0.3) is 5.91 Å². The molecule has 3 aromatic heterocycles.